The second-order valence-corrected chi connectivity index (χ2v) is 9.39. The molecule has 0 N–H and O–H groups in total. The van der Waals surface area contributed by atoms with E-state index in [2.05, 4.69) is 13.8 Å². The Kier molecular flexibility index (Phi) is 3.62. The highest BCUT2D eigenvalue weighted by molar-refractivity contribution is 7.89. The van der Waals surface area contributed by atoms with Crippen LogP contribution in [0.15, 0.2) is 29.2 Å². The summed E-state index contributed by atoms with van der Waals surface area (Å²) in [5.41, 5.74) is 0.423. The first-order chi connectivity index (χ1) is 9.77. The van der Waals surface area contributed by atoms with Crippen molar-refractivity contribution in [2.24, 2.45) is 10.8 Å². The van der Waals surface area contributed by atoms with Gasteiger partial charge in [0.05, 0.1) is 4.90 Å². The average molecular weight is 328 g/mol. The molecule has 5 heteroatoms. The summed E-state index contributed by atoms with van der Waals surface area (Å²) in [4.78, 5) is 0.345. The van der Waals surface area contributed by atoms with Gasteiger partial charge >= 0.3 is 0 Å². The number of nitrogens with zero attached hydrogens (tertiary/aromatic N) is 1. The Morgan fingerprint density at radius 3 is 2.24 bits per heavy atom. The quantitative estimate of drug-likeness (QED) is 0.843. The minimum atomic E-state index is -3.41. The molecule has 1 aromatic carbocycles. The Bertz CT molecular complexity index is 637. The zero-order valence-corrected chi connectivity index (χ0v) is 14.2. The van der Waals surface area contributed by atoms with Crippen LogP contribution in [0.1, 0.15) is 39.5 Å². The number of sulfonamides is 1. The first-order valence-electron chi connectivity index (χ1n) is 7.53. The van der Waals surface area contributed by atoms with E-state index in [9.17, 15) is 8.42 Å². The lowest BCUT2D eigenvalue weighted by Gasteiger charge is -2.44. The van der Waals surface area contributed by atoms with Crippen molar-refractivity contribution in [1.29, 1.82) is 0 Å². The number of piperidine rings is 1. The molecule has 21 heavy (non-hydrogen) atoms. The van der Waals surface area contributed by atoms with Crippen molar-refractivity contribution in [2.45, 2.75) is 44.4 Å². The van der Waals surface area contributed by atoms with Crippen LogP contribution in [0.4, 0.5) is 0 Å². The molecule has 1 saturated carbocycles. The number of hydrogen-bond acceptors (Lipinski definition) is 2. The molecular formula is C16H22ClNO2S. The molecule has 1 aromatic rings. The fourth-order valence-corrected chi connectivity index (χ4v) is 5.17. The Morgan fingerprint density at radius 2 is 1.67 bits per heavy atom. The topological polar surface area (TPSA) is 37.4 Å². The third-order valence-corrected chi connectivity index (χ3v) is 7.68. The van der Waals surface area contributed by atoms with Gasteiger partial charge in [0.15, 0.2) is 0 Å². The summed E-state index contributed by atoms with van der Waals surface area (Å²) >= 11 is 5.85. The minimum Gasteiger partial charge on any atom is -0.207 e. The van der Waals surface area contributed by atoms with Crippen LogP contribution in [-0.2, 0) is 10.0 Å². The van der Waals surface area contributed by atoms with Crippen molar-refractivity contribution in [3.8, 4) is 0 Å². The summed E-state index contributed by atoms with van der Waals surface area (Å²) in [6.07, 6.45) is 4.51. The molecule has 1 heterocycles. The average Bonchev–Trinajstić information content (AvgIpc) is 3.19. The number of benzene rings is 1. The van der Waals surface area contributed by atoms with Crippen LogP contribution >= 0.6 is 11.6 Å². The summed E-state index contributed by atoms with van der Waals surface area (Å²) in [6.45, 7) is 5.81. The molecule has 1 saturated heterocycles. The van der Waals surface area contributed by atoms with Gasteiger partial charge in [-0.05, 0) is 60.8 Å². The number of hydrogen-bond donors (Lipinski definition) is 0. The summed E-state index contributed by atoms with van der Waals surface area (Å²) in [7, 11) is -3.41. The molecule has 1 atom stereocenters. The van der Waals surface area contributed by atoms with Crippen LogP contribution in [-0.4, -0.2) is 25.8 Å². The maximum absolute atomic E-state index is 12.8. The van der Waals surface area contributed by atoms with E-state index < -0.39 is 10.0 Å². The van der Waals surface area contributed by atoms with E-state index in [4.69, 9.17) is 11.6 Å². The van der Waals surface area contributed by atoms with Crippen LogP contribution in [0.3, 0.4) is 0 Å². The zero-order chi connectivity index (χ0) is 15.3. The normalized spacial score (nSPS) is 29.3. The first kappa shape index (κ1) is 15.3. The Labute approximate surface area is 132 Å². The zero-order valence-electron chi connectivity index (χ0n) is 12.6. The van der Waals surface area contributed by atoms with Gasteiger partial charge in [-0.1, -0.05) is 25.4 Å². The first-order valence-corrected chi connectivity index (χ1v) is 9.35. The van der Waals surface area contributed by atoms with E-state index in [0.717, 1.165) is 12.8 Å². The number of rotatable bonds is 3. The lowest BCUT2D eigenvalue weighted by molar-refractivity contribution is 0.0859. The van der Waals surface area contributed by atoms with Gasteiger partial charge in [0.25, 0.3) is 0 Å². The van der Waals surface area contributed by atoms with Gasteiger partial charge in [-0.3, -0.25) is 0 Å². The van der Waals surface area contributed by atoms with Crippen LogP contribution < -0.4 is 0 Å². The van der Waals surface area contributed by atoms with Gasteiger partial charge in [-0.2, -0.15) is 4.31 Å². The van der Waals surface area contributed by atoms with Crippen LogP contribution in [0, 0.1) is 10.8 Å². The maximum Gasteiger partial charge on any atom is 0.243 e. The van der Waals surface area contributed by atoms with Gasteiger partial charge < -0.3 is 0 Å². The van der Waals surface area contributed by atoms with Crippen LogP contribution in [0.5, 0.6) is 0 Å². The van der Waals surface area contributed by atoms with Gasteiger partial charge in [-0.25, -0.2) is 8.42 Å². The molecule has 2 aliphatic rings. The van der Waals surface area contributed by atoms with Crippen molar-refractivity contribution >= 4 is 21.6 Å². The molecule has 3 nitrogen and oxygen atoms in total. The molecule has 116 valence electrons. The minimum absolute atomic E-state index is 0.102. The lowest BCUT2D eigenvalue weighted by atomic mass is 9.70. The molecule has 0 amide bonds. The Balaban J connectivity index is 1.87. The summed E-state index contributed by atoms with van der Waals surface area (Å²) in [6, 6.07) is 6.48. The van der Waals surface area contributed by atoms with E-state index in [0.29, 0.717) is 28.4 Å². The van der Waals surface area contributed by atoms with Gasteiger partial charge in [0, 0.05) is 18.1 Å². The predicted octanol–water partition coefficient (Wildman–Crippen LogP) is 3.93. The molecular weight excluding hydrogens is 306 g/mol. The Hall–Kier alpha value is -0.580. The summed E-state index contributed by atoms with van der Waals surface area (Å²) in [5, 5.41) is 0.558. The third kappa shape index (κ3) is 2.62. The van der Waals surface area contributed by atoms with Crippen molar-refractivity contribution in [1.82, 2.24) is 4.31 Å². The maximum atomic E-state index is 12.8. The van der Waals surface area contributed by atoms with E-state index in [1.54, 1.807) is 28.6 Å². The van der Waals surface area contributed by atoms with Crippen LogP contribution in [0.25, 0.3) is 0 Å². The molecule has 0 aromatic heterocycles. The fraction of sp³-hybridized carbons (Fsp3) is 0.625. The van der Waals surface area contributed by atoms with Crippen LogP contribution in [0.2, 0.25) is 5.02 Å². The molecule has 1 aliphatic heterocycles. The monoisotopic (exact) mass is 327 g/mol. The number of halogens is 1. The molecule has 2 fully saturated rings. The fourth-order valence-electron chi connectivity index (χ4n) is 3.44. The highest BCUT2D eigenvalue weighted by Crippen LogP contribution is 2.61. The largest absolute Gasteiger partial charge is 0.243 e. The molecule has 1 unspecified atom stereocenters. The second kappa shape index (κ2) is 4.97. The van der Waals surface area contributed by atoms with Crippen molar-refractivity contribution in [3.63, 3.8) is 0 Å². The van der Waals surface area contributed by atoms with E-state index >= 15 is 0 Å². The predicted molar refractivity (Wildman–Crippen MR) is 84.9 cm³/mol. The standard InChI is InChI=1S/C16H22ClNO2S/c1-15(9-10-15)16(2)8-3-11-18(12-16)21(19,20)14-6-4-13(17)5-7-14/h4-7H,3,8-12H2,1-2H3. The summed E-state index contributed by atoms with van der Waals surface area (Å²) < 4.78 is 27.3. The van der Waals surface area contributed by atoms with E-state index in [-0.39, 0.29) is 5.41 Å². The Morgan fingerprint density at radius 1 is 1.05 bits per heavy atom. The molecule has 3 rings (SSSR count). The molecule has 1 aliphatic carbocycles. The smallest absolute Gasteiger partial charge is 0.207 e. The summed E-state index contributed by atoms with van der Waals surface area (Å²) in [5.74, 6) is 0. The van der Waals surface area contributed by atoms with E-state index in [1.165, 1.54) is 12.8 Å². The van der Waals surface area contributed by atoms with Crippen molar-refractivity contribution < 1.29 is 8.42 Å². The highest BCUT2D eigenvalue weighted by Gasteiger charge is 2.55. The van der Waals surface area contributed by atoms with E-state index in [1.807, 2.05) is 0 Å². The molecule has 0 radical (unpaired) electrons. The van der Waals surface area contributed by atoms with Gasteiger partial charge in [0.2, 0.25) is 10.0 Å². The lowest BCUT2D eigenvalue weighted by Crippen LogP contribution is -2.48. The second-order valence-electron chi connectivity index (χ2n) is 7.02. The SMILES string of the molecule is CC1(C2(C)CCCN(S(=O)(=O)c3ccc(Cl)cc3)C2)CC1. The third-order valence-electron chi connectivity index (χ3n) is 5.57. The van der Waals surface area contributed by atoms with Gasteiger partial charge in [0.1, 0.15) is 0 Å². The van der Waals surface area contributed by atoms with Gasteiger partial charge in [-0.15, -0.1) is 0 Å². The molecule has 0 bridgehead atoms. The van der Waals surface area contributed by atoms with Crippen molar-refractivity contribution in [3.05, 3.63) is 29.3 Å². The molecule has 0 spiro atoms. The highest BCUT2D eigenvalue weighted by atomic mass is 35.5. The van der Waals surface area contributed by atoms with Crippen molar-refractivity contribution in [2.75, 3.05) is 13.1 Å².